The molecule has 1 N–H and O–H groups in total. The highest BCUT2D eigenvalue weighted by molar-refractivity contribution is 7.98. The van der Waals surface area contributed by atoms with E-state index in [1.54, 1.807) is 18.7 Å². The van der Waals surface area contributed by atoms with Gasteiger partial charge in [0.2, 0.25) is 0 Å². The lowest BCUT2D eigenvalue weighted by atomic mass is 10.3. The van der Waals surface area contributed by atoms with Crippen LogP contribution in [-0.2, 0) is 0 Å². The lowest BCUT2D eigenvalue weighted by Crippen LogP contribution is -2.30. The number of hydrogen-bond donors (Lipinski definition) is 1. The van der Waals surface area contributed by atoms with Gasteiger partial charge in [0.05, 0.1) is 11.0 Å². The van der Waals surface area contributed by atoms with Crippen LogP contribution >= 0.6 is 23.1 Å². The van der Waals surface area contributed by atoms with E-state index in [-0.39, 0.29) is 16.7 Å². The number of anilines is 1. The molecule has 1 rings (SSSR count). The van der Waals surface area contributed by atoms with Gasteiger partial charge in [-0.05, 0) is 20.1 Å². The molecule has 0 aliphatic heterocycles. The topological polar surface area (TPSA) is 66.6 Å². The van der Waals surface area contributed by atoms with Crippen molar-refractivity contribution in [2.75, 3.05) is 24.0 Å². The van der Waals surface area contributed by atoms with E-state index in [0.29, 0.717) is 9.88 Å². The highest BCUT2D eigenvalue weighted by Crippen LogP contribution is 2.40. The molecule has 1 aromatic rings. The van der Waals surface area contributed by atoms with Gasteiger partial charge in [0.1, 0.15) is 0 Å². The molecule has 0 radical (unpaired) electrons. The van der Waals surface area contributed by atoms with E-state index >= 15 is 0 Å². The third-order valence-electron chi connectivity index (χ3n) is 2.71. The second-order valence-corrected chi connectivity index (χ2v) is 6.16. The average Bonchev–Trinajstić information content (AvgIpc) is 2.73. The standard InChI is InChI=1S/C11H18N2O3S2/c1-7(6-17-4)12(3)11-9(13(15)16)5-10(18-11)8(2)14/h5,7-8,14H,6H2,1-4H3/t7?,8-/m1/s1. The molecule has 0 saturated heterocycles. The van der Waals surface area contributed by atoms with Gasteiger partial charge in [-0.15, -0.1) is 11.3 Å². The van der Waals surface area contributed by atoms with Gasteiger partial charge in [0, 0.05) is 29.8 Å². The third kappa shape index (κ3) is 3.37. The van der Waals surface area contributed by atoms with Crippen molar-refractivity contribution in [2.45, 2.75) is 26.0 Å². The lowest BCUT2D eigenvalue weighted by molar-refractivity contribution is -0.383. The van der Waals surface area contributed by atoms with Gasteiger partial charge in [-0.2, -0.15) is 11.8 Å². The maximum absolute atomic E-state index is 11.0. The lowest BCUT2D eigenvalue weighted by Gasteiger charge is -2.24. The SMILES string of the molecule is CSCC(C)N(C)c1sc([C@@H](C)O)cc1[N+](=O)[O-]. The van der Waals surface area contributed by atoms with Crippen LogP contribution in [0.15, 0.2) is 6.07 Å². The number of thioether (sulfide) groups is 1. The van der Waals surface area contributed by atoms with E-state index in [1.807, 2.05) is 25.1 Å². The normalized spacial score (nSPS) is 14.3. The molecule has 0 spiro atoms. The molecule has 0 aliphatic rings. The van der Waals surface area contributed by atoms with Crippen LogP contribution in [0.25, 0.3) is 0 Å². The molecule has 0 bridgehead atoms. The smallest absolute Gasteiger partial charge is 0.304 e. The van der Waals surface area contributed by atoms with E-state index in [2.05, 4.69) is 0 Å². The molecule has 1 aromatic heterocycles. The molecule has 5 nitrogen and oxygen atoms in total. The maximum Gasteiger partial charge on any atom is 0.304 e. The fourth-order valence-corrected chi connectivity index (χ4v) is 3.36. The number of nitrogens with zero attached hydrogens (tertiary/aromatic N) is 2. The maximum atomic E-state index is 11.0. The summed E-state index contributed by atoms with van der Waals surface area (Å²) in [6.45, 7) is 3.65. The summed E-state index contributed by atoms with van der Waals surface area (Å²) in [5.41, 5.74) is 0.0753. The van der Waals surface area contributed by atoms with E-state index in [0.717, 1.165) is 5.75 Å². The Balaban J connectivity index is 3.09. The number of aliphatic hydroxyl groups excluding tert-OH is 1. The minimum Gasteiger partial charge on any atom is -0.388 e. The van der Waals surface area contributed by atoms with Crippen LogP contribution in [0.2, 0.25) is 0 Å². The Hall–Kier alpha value is -0.790. The summed E-state index contributed by atoms with van der Waals surface area (Å²) in [4.78, 5) is 13.2. The summed E-state index contributed by atoms with van der Waals surface area (Å²) >= 11 is 2.99. The molecular weight excluding hydrogens is 272 g/mol. The van der Waals surface area contributed by atoms with Crippen LogP contribution in [0.1, 0.15) is 24.8 Å². The van der Waals surface area contributed by atoms with Crippen LogP contribution in [0.4, 0.5) is 10.7 Å². The van der Waals surface area contributed by atoms with Crippen LogP contribution in [0.3, 0.4) is 0 Å². The van der Waals surface area contributed by atoms with Gasteiger partial charge < -0.3 is 10.0 Å². The fourth-order valence-electron chi connectivity index (χ4n) is 1.53. The molecule has 18 heavy (non-hydrogen) atoms. The largest absolute Gasteiger partial charge is 0.388 e. The van der Waals surface area contributed by atoms with Crippen molar-refractivity contribution in [2.24, 2.45) is 0 Å². The first-order chi connectivity index (χ1) is 8.38. The Bertz CT molecular complexity index is 420. The van der Waals surface area contributed by atoms with Gasteiger partial charge >= 0.3 is 5.69 Å². The van der Waals surface area contributed by atoms with Crippen LogP contribution in [0, 0.1) is 10.1 Å². The molecule has 0 amide bonds. The number of nitro groups is 1. The predicted molar refractivity (Wildman–Crippen MR) is 77.9 cm³/mol. The third-order valence-corrected chi connectivity index (χ3v) is 4.91. The second-order valence-electron chi connectivity index (χ2n) is 4.19. The van der Waals surface area contributed by atoms with Gasteiger partial charge in [0.15, 0.2) is 5.00 Å². The second kappa shape index (κ2) is 6.40. The van der Waals surface area contributed by atoms with Crippen molar-refractivity contribution in [3.8, 4) is 0 Å². The summed E-state index contributed by atoms with van der Waals surface area (Å²) in [5, 5.41) is 21.2. The van der Waals surface area contributed by atoms with Gasteiger partial charge in [0.25, 0.3) is 0 Å². The Morgan fingerprint density at radius 1 is 1.61 bits per heavy atom. The molecule has 0 fully saturated rings. The Labute approximate surface area is 115 Å². The van der Waals surface area contributed by atoms with Crippen molar-refractivity contribution >= 4 is 33.8 Å². The molecule has 1 heterocycles. The zero-order valence-corrected chi connectivity index (χ0v) is 12.5. The minimum atomic E-state index is -0.674. The first-order valence-corrected chi connectivity index (χ1v) is 7.77. The van der Waals surface area contributed by atoms with Crippen LogP contribution < -0.4 is 4.90 Å². The van der Waals surface area contributed by atoms with Crippen molar-refractivity contribution in [3.63, 3.8) is 0 Å². The fraction of sp³-hybridized carbons (Fsp3) is 0.636. The average molecular weight is 290 g/mol. The van der Waals surface area contributed by atoms with Crippen LogP contribution in [0.5, 0.6) is 0 Å². The van der Waals surface area contributed by atoms with E-state index in [1.165, 1.54) is 17.4 Å². The number of rotatable bonds is 6. The first-order valence-electron chi connectivity index (χ1n) is 5.56. The zero-order chi connectivity index (χ0) is 13.9. The van der Waals surface area contributed by atoms with Crippen molar-refractivity contribution in [3.05, 3.63) is 21.1 Å². The summed E-state index contributed by atoms with van der Waals surface area (Å²) in [7, 11) is 1.85. The summed E-state index contributed by atoms with van der Waals surface area (Å²) in [6.07, 6.45) is 1.33. The molecule has 102 valence electrons. The molecule has 2 atom stereocenters. The first kappa shape index (κ1) is 15.3. The Morgan fingerprint density at radius 3 is 2.67 bits per heavy atom. The molecule has 7 heteroatoms. The van der Waals surface area contributed by atoms with Gasteiger partial charge in [-0.1, -0.05) is 0 Å². The Kier molecular flexibility index (Phi) is 5.43. The molecule has 0 saturated carbocycles. The van der Waals surface area contributed by atoms with Gasteiger partial charge in [-0.25, -0.2) is 0 Å². The number of aliphatic hydroxyl groups is 1. The van der Waals surface area contributed by atoms with E-state index < -0.39 is 6.10 Å². The highest BCUT2D eigenvalue weighted by Gasteiger charge is 2.25. The summed E-state index contributed by atoms with van der Waals surface area (Å²) in [6, 6.07) is 1.67. The monoisotopic (exact) mass is 290 g/mol. The highest BCUT2D eigenvalue weighted by atomic mass is 32.2. The summed E-state index contributed by atoms with van der Waals surface area (Å²) < 4.78 is 0. The van der Waals surface area contributed by atoms with E-state index in [9.17, 15) is 15.2 Å². The van der Waals surface area contributed by atoms with Crippen LogP contribution in [-0.4, -0.2) is 35.1 Å². The Morgan fingerprint density at radius 2 is 2.22 bits per heavy atom. The molecule has 1 unspecified atom stereocenters. The summed E-state index contributed by atoms with van der Waals surface area (Å²) in [5.74, 6) is 0.898. The van der Waals surface area contributed by atoms with E-state index in [4.69, 9.17) is 0 Å². The van der Waals surface area contributed by atoms with Crippen molar-refractivity contribution in [1.29, 1.82) is 0 Å². The molecule has 0 aromatic carbocycles. The number of hydrogen-bond acceptors (Lipinski definition) is 6. The van der Waals surface area contributed by atoms with Gasteiger partial charge in [-0.3, -0.25) is 10.1 Å². The molecule has 0 aliphatic carbocycles. The predicted octanol–water partition coefficient (Wildman–Crippen LogP) is 2.90. The number of thiophene rings is 1. The van der Waals surface area contributed by atoms with Crippen molar-refractivity contribution in [1.82, 2.24) is 0 Å². The minimum absolute atomic E-state index is 0.0753. The molecular formula is C11H18N2O3S2. The quantitative estimate of drug-likeness (QED) is 0.644. The zero-order valence-electron chi connectivity index (χ0n) is 10.9. The van der Waals surface area contributed by atoms with Crippen molar-refractivity contribution < 1.29 is 10.0 Å².